The lowest BCUT2D eigenvalue weighted by Gasteiger charge is -2.07. The molecule has 1 aromatic carbocycles. The van der Waals surface area contributed by atoms with E-state index >= 15 is 0 Å². The number of benzene rings is 1. The molecule has 1 aromatic heterocycles. The zero-order valence-corrected chi connectivity index (χ0v) is 15.1. The molecule has 2 fully saturated rings. The van der Waals surface area contributed by atoms with Gasteiger partial charge in [-0.15, -0.1) is 12.3 Å². The third kappa shape index (κ3) is 4.14. The van der Waals surface area contributed by atoms with E-state index in [1.165, 1.54) is 24.3 Å². The second-order valence-electron chi connectivity index (χ2n) is 7.29. The van der Waals surface area contributed by atoms with Gasteiger partial charge in [-0.05, 0) is 37.1 Å². The number of hydrogen-bond acceptors (Lipinski definition) is 3. The number of furan rings is 1. The highest BCUT2D eigenvalue weighted by atomic mass is 19.4. The van der Waals surface area contributed by atoms with Crippen molar-refractivity contribution in [1.29, 1.82) is 0 Å². The molecule has 2 saturated carbocycles. The predicted molar refractivity (Wildman–Crippen MR) is 97.4 cm³/mol. The summed E-state index contributed by atoms with van der Waals surface area (Å²) in [5.74, 6) is 1.98. The normalized spacial score (nSPS) is 25.0. The summed E-state index contributed by atoms with van der Waals surface area (Å²) in [7, 11) is 0. The van der Waals surface area contributed by atoms with E-state index < -0.39 is 17.6 Å². The topological polar surface area (TPSA) is 71.3 Å². The number of alkyl halides is 3. The molecule has 0 saturated heterocycles. The van der Waals surface area contributed by atoms with E-state index in [1.807, 2.05) is 0 Å². The molecule has 1 heterocycles. The van der Waals surface area contributed by atoms with Crippen molar-refractivity contribution in [2.24, 2.45) is 11.8 Å². The van der Waals surface area contributed by atoms with Crippen LogP contribution in [0.15, 0.2) is 40.8 Å². The number of amides is 2. The average Bonchev–Trinajstić information content (AvgIpc) is 3.57. The van der Waals surface area contributed by atoms with Gasteiger partial charge in [-0.1, -0.05) is 12.1 Å². The second-order valence-corrected chi connectivity index (χ2v) is 7.29. The molecule has 0 radical (unpaired) electrons. The van der Waals surface area contributed by atoms with Gasteiger partial charge in [-0.25, -0.2) is 0 Å². The van der Waals surface area contributed by atoms with Gasteiger partial charge in [0.1, 0.15) is 5.76 Å². The Balaban J connectivity index is 1.34. The molecule has 2 aliphatic rings. The van der Waals surface area contributed by atoms with Crippen LogP contribution in [0.4, 0.5) is 13.2 Å². The molecular weight excluding hydrogens is 385 g/mol. The molecule has 0 spiro atoms. The fourth-order valence-corrected chi connectivity index (χ4v) is 3.18. The summed E-state index contributed by atoms with van der Waals surface area (Å²) in [5.41, 5.74) is -0.570. The van der Waals surface area contributed by atoms with Crippen LogP contribution in [0.3, 0.4) is 0 Å². The molecule has 2 aromatic rings. The Kier molecular flexibility index (Phi) is 4.61. The lowest BCUT2D eigenvalue weighted by Crippen LogP contribution is -2.35. The van der Waals surface area contributed by atoms with Crippen LogP contribution >= 0.6 is 0 Å². The van der Waals surface area contributed by atoms with Gasteiger partial charge in [0.25, 0.3) is 5.91 Å². The number of terminal acetylenes is 1. The number of halogens is 3. The molecule has 29 heavy (non-hydrogen) atoms. The third-order valence-corrected chi connectivity index (χ3v) is 5.08. The number of hydrogen-bond donors (Lipinski definition) is 2. The predicted octanol–water partition coefficient (Wildman–Crippen LogP) is 3.22. The van der Waals surface area contributed by atoms with Gasteiger partial charge in [0.05, 0.1) is 23.6 Å². The highest BCUT2D eigenvalue weighted by molar-refractivity contribution is 5.92. The maximum atomic E-state index is 12.9. The van der Waals surface area contributed by atoms with Crippen molar-refractivity contribution < 1.29 is 27.2 Å². The van der Waals surface area contributed by atoms with Crippen molar-refractivity contribution in [3.63, 3.8) is 0 Å². The van der Waals surface area contributed by atoms with Gasteiger partial charge < -0.3 is 15.1 Å². The van der Waals surface area contributed by atoms with Crippen LogP contribution < -0.4 is 10.6 Å². The maximum Gasteiger partial charge on any atom is 0.416 e. The van der Waals surface area contributed by atoms with E-state index in [0.717, 1.165) is 12.1 Å². The maximum absolute atomic E-state index is 12.9. The zero-order chi connectivity index (χ0) is 20.8. The molecule has 4 rings (SSSR count). The summed E-state index contributed by atoms with van der Waals surface area (Å²) in [6.07, 6.45) is 2.12. The number of rotatable bonds is 5. The SMILES string of the molecule is C#C[C@H]1C[C@H]1C(=O)N[C@@H]1C[C@H]1NC(=O)c1ccc(-c2cccc(C(F)(F)F)c2)o1. The van der Waals surface area contributed by atoms with Gasteiger partial charge in [-0.3, -0.25) is 9.59 Å². The molecule has 5 nitrogen and oxygen atoms in total. The Morgan fingerprint density at radius 2 is 1.86 bits per heavy atom. The quantitative estimate of drug-likeness (QED) is 0.755. The van der Waals surface area contributed by atoms with Gasteiger partial charge in [0.15, 0.2) is 5.76 Å². The van der Waals surface area contributed by atoms with Crippen LogP contribution in [0.25, 0.3) is 11.3 Å². The van der Waals surface area contributed by atoms with Crippen molar-refractivity contribution in [2.75, 3.05) is 0 Å². The Labute approximate surface area is 164 Å². The third-order valence-electron chi connectivity index (χ3n) is 5.08. The van der Waals surface area contributed by atoms with Crippen molar-refractivity contribution in [3.05, 3.63) is 47.7 Å². The van der Waals surface area contributed by atoms with E-state index in [9.17, 15) is 22.8 Å². The highest BCUT2D eigenvalue weighted by Gasteiger charge is 2.46. The molecule has 2 amide bonds. The smallest absolute Gasteiger partial charge is 0.416 e. The van der Waals surface area contributed by atoms with E-state index in [4.69, 9.17) is 10.8 Å². The lowest BCUT2D eigenvalue weighted by atomic mass is 10.1. The minimum Gasteiger partial charge on any atom is -0.451 e. The number of nitrogens with one attached hydrogen (secondary N) is 2. The first-order valence-corrected chi connectivity index (χ1v) is 9.11. The van der Waals surface area contributed by atoms with Gasteiger partial charge in [-0.2, -0.15) is 13.2 Å². The summed E-state index contributed by atoms with van der Waals surface area (Å²) in [4.78, 5) is 24.3. The average molecular weight is 402 g/mol. The van der Waals surface area contributed by atoms with E-state index in [1.54, 1.807) is 0 Å². The number of carbonyl (C=O) groups excluding carboxylic acids is 2. The molecule has 8 heteroatoms. The Morgan fingerprint density at radius 1 is 1.10 bits per heavy atom. The summed E-state index contributed by atoms with van der Waals surface area (Å²) < 4.78 is 44.0. The van der Waals surface area contributed by atoms with Gasteiger partial charge in [0.2, 0.25) is 5.91 Å². The van der Waals surface area contributed by atoms with Crippen LogP contribution in [-0.4, -0.2) is 23.9 Å². The largest absolute Gasteiger partial charge is 0.451 e. The molecule has 0 aliphatic heterocycles. The van der Waals surface area contributed by atoms with E-state index in [-0.39, 0.29) is 46.9 Å². The van der Waals surface area contributed by atoms with Crippen LogP contribution in [0.5, 0.6) is 0 Å². The fraction of sp³-hybridized carbons (Fsp3) is 0.333. The number of carbonyl (C=O) groups is 2. The van der Waals surface area contributed by atoms with Crippen LogP contribution in [0, 0.1) is 24.2 Å². The van der Waals surface area contributed by atoms with E-state index in [0.29, 0.717) is 12.8 Å². The van der Waals surface area contributed by atoms with Crippen molar-refractivity contribution in [3.8, 4) is 23.7 Å². The molecule has 2 aliphatic carbocycles. The lowest BCUT2D eigenvalue weighted by molar-refractivity contribution is -0.137. The van der Waals surface area contributed by atoms with Crippen LogP contribution in [0.2, 0.25) is 0 Å². The van der Waals surface area contributed by atoms with E-state index in [2.05, 4.69) is 16.6 Å². The summed E-state index contributed by atoms with van der Waals surface area (Å²) in [6, 6.07) is 7.18. The summed E-state index contributed by atoms with van der Waals surface area (Å²) >= 11 is 0. The second kappa shape index (κ2) is 6.99. The zero-order valence-electron chi connectivity index (χ0n) is 15.1. The first kappa shape index (κ1) is 19.1. The van der Waals surface area contributed by atoms with Gasteiger partial charge in [0, 0.05) is 11.5 Å². The fourth-order valence-electron chi connectivity index (χ4n) is 3.18. The molecule has 150 valence electrons. The first-order chi connectivity index (χ1) is 13.8. The monoisotopic (exact) mass is 402 g/mol. The Hall–Kier alpha value is -3.21. The molecule has 4 atom stereocenters. The molecular formula is C21H17F3N2O3. The minimum absolute atomic E-state index is 0.000760. The first-order valence-electron chi connectivity index (χ1n) is 9.11. The summed E-state index contributed by atoms with van der Waals surface area (Å²) in [6.45, 7) is 0. The standard InChI is InChI=1S/C21H17F3N2O3/c1-2-11-9-14(11)19(27)25-15-10-16(15)26-20(28)18-7-6-17(29-18)12-4-3-5-13(8-12)21(22,23)24/h1,3-8,11,14-16H,9-10H2,(H,25,27)(H,26,28)/t11-,14+,15+,16+/m0/s1. The van der Waals surface area contributed by atoms with Crippen LogP contribution in [0.1, 0.15) is 29.0 Å². The Morgan fingerprint density at radius 3 is 2.55 bits per heavy atom. The molecule has 2 N–H and O–H groups in total. The Bertz CT molecular complexity index is 1010. The minimum atomic E-state index is -4.46. The van der Waals surface area contributed by atoms with Crippen LogP contribution in [-0.2, 0) is 11.0 Å². The van der Waals surface area contributed by atoms with Crippen molar-refractivity contribution in [2.45, 2.75) is 31.1 Å². The highest BCUT2D eigenvalue weighted by Crippen LogP contribution is 2.38. The molecule has 0 unspecified atom stereocenters. The van der Waals surface area contributed by atoms with Crippen molar-refractivity contribution in [1.82, 2.24) is 10.6 Å². The van der Waals surface area contributed by atoms with Crippen molar-refractivity contribution >= 4 is 11.8 Å². The van der Waals surface area contributed by atoms with Gasteiger partial charge >= 0.3 is 6.18 Å². The summed E-state index contributed by atoms with van der Waals surface area (Å²) in [5, 5.41) is 5.59. The molecule has 0 bridgehead atoms.